The fourth-order valence-corrected chi connectivity index (χ4v) is 4.75. The van der Waals surface area contributed by atoms with Gasteiger partial charge in [0.2, 0.25) is 0 Å². The van der Waals surface area contributed by atoms with E-state index in [9.17, 15) is 9.18 Å². The molecule has 26 heavy (non-hydrogen) atoms. The van der Waals surface area contributed by atoms with E-state index >= 15 is 0 Å². The molecule has 1 aliphatic carbocycles. The largest absolute Gasteiger partial charge is 0.348 e. The highest BCUT2D eigenvalue weighted by Gasteiger charge is 2.28. The monoisotopic (exact) mass is 372 g/mol. The van der Waals surface area contributed by atoms with Crippen LogP contribution in [0.5, 0.6) is 0 Å². The van der Waals surface area contributed by atoms with Crippen molar-refractivity contribution in [3.63, 3.8) is 0 Å². The SMILES string of the molecule is Cc1nn(-c2ccc(F)cc2)c2sc(C(=O)NC3CCCC3CN)cc12. The van der Waals surface area contributed by atoms with Crippen LogP contribution in [-0.2, 0) is 0 Å². The molecule has 0 radical (unpaired) electrons. The van der Waals surface area contributed by atoms with E-state index in [1.54, 1.807) is 16.8 Å². The van der Waals surface area contributed by atoms with E-state index in [1.165, 1.54) is 23.5 Å². The van der Waals surface area contributed by atoms with Crippen LogP contribution < -0.4 is 11.1 Å². The Balaban J connectivity index is 1.64. The van der Waals surface area contributed by atoms with E-state index in [2.05, 4.69) is 10.4 Å². The Bertz CT molecular complexity index is 947. The van der Waals surface area contributed by atoms with E-state index in [0.717, 1.165) is 40.9 Å². The number of hydrogen-bond acceptors (Lipinski definition) is 4. The van der Waals surface area contributed by atoms with Gasteiger partial charge in [0.1, 0.15) is 10.6 Å². The lowest BCUT2D eigenvalue weighted by Gasteiger charge is -2.18. The van der Waals surface area contributed by atoms with E-state index in [0.29, 0.717) is 17.3 Å². The van der Waals surface area contributed by atoms with E-state index in [-0.39, 0.29) is 17.8 Å². The van der Waals surface area contributed by atoms with Crippen molar-refractivity contribution >= 4 is 27.5 Å². The van der Waals surface area contributed by atoms with E-state index in [1.807, 2.05) is 13.0 Å². The number of benzene rings is 1. The van der Waals surface area contributed by atoms with Crippen LogP contribution in [0.25, 0.3) is 15.9 Å². The van der Waals surface area contributed by atoms with E-state index < -0.39 is 0 Å². The van der Waals surface area contributed by atoms with Crippen LogP contribution in [0, 0.1) is 18.7 Å². The Morgan fingerprint density at radius 1 is 1.38 bits per heavy atom. The van der Waals surface area contributed by atoms with Crippen molar-refractivity contribution in [2.24, 2.45) is 11.7 Å². The molecule has 0 spiro atoms. The third kappa shape index (κ3) is 3.01. The Kier molecular flexibility index (Phi) is 4.50. The smallest absolute Gasteiger partial charge is 0.261 e. The summed E-state index contributed by atoms with van der Waals surface area (Å²) in [5, 5.41) is 8.63. The second kappa shape index (κ2) is 6.81. The first-order valence-corrected chi connectivity index (χ1v) is 9.64. The summed E-state index contributed by atoms with van der Waals surface area (Å²) in [5.41, 5.74) is 7.43. The quantitative estimate of drug-likeness (QED) is 0.737. The number of halogens is 1. The average Bonchev–Trinajstić information content (AvgIpc) is 3.32. The summed E-state index contributed by atoms with van der Waals surface area (Å²) < 4.78 is 15.0. The predicted octanol–water partition coefficient (Wildman–Crippen LogP) is 3.39. The van der Waals surface area contributed by atoms with Gasteiger partial charge in [-0.3, -0.25) is 4.79 Å². The van der Waals surface area contributed by atoms with Gasteiger partial charge < -0.3 is 11.1 Å². The number of rotatable bonds is 4. The molecule has 2 heterocycles. The first-order valence-electron chi connectivity index (χ1n) is 8.83. The minimum absolute atomic E-state index is 0.0541. The van der Waals surface area contributed by atoms with Gasteiger partial charge in [-0.15, -0.1) is 11.3 Å². The van der Waals surface area contributed by atoms with Crippen LogP contribution in [0.2, 0.25) is 0 Å². The lowest BCUT2D eigenvalue weighted by molar-refractivity contribution is 0.0933. The molecule has 2 unspecified atom stereocenters. The van der Waals surface area contributed by atoms with Gasteiger partial charge in [0.25, 0.3) is 5.91 Å². The third-order valence-electron chi connectivity index (χ3n) is 5.12. The second-order valence-corrected chi connectivity index (χ2v) is 7.84. The van der Waals surface area contributed by atoms with Crippen molar-refractivity contribution in [3.8, 4) is 5.69 Å². The molecular formula is C19H21FN4OS. The lowest BCUT2D eigenvalue weighted by atomic mass is 10.0. The number of thiophene rings is 1. The highest BCUT2D eigenvalue weighted by atomic mass is 32.1. The van der Waals surface area contributed by atoms with Crippen LogP contribution in [-0.4, -0.2) is 28.3 Å². The molecule has 3 N–H and O–H groups in total. The minimum Gasteiger partial charge on any atom is -0.348 e. The standard InChI is InChI=1S/C19H21FN4OS/c1-11-15-9-17(18(25)22-16-4-2-3-12(16)10-21)26-19(15)24(23-11)14-7-5-13(20)6-8-14/h5-9,12,16H,2-4,10,21H2,1H3,(H,22,25). The fourth-order valence-electron chi connectivity index (χ4n) is 3.66. The summed E-state index contributed by atoms with van der Waals surface area (Å²) in [7, 11) is 0. The van der Waals surface area contributed by atoms with Gasteiger partial charge in [-0.05, 0) is 62.6 Å². The number of nitrogens with two attached hydrogens (primary N) is 1. The molecule has 5 nitrogen and oxygen atoms in total. The molecule has 2 aromatic heterocycles. The second-order valence-electron chi connectivity index (χ2n) is 6.81. The first kappa shape index (κ1) is 17.2. The molecule has 1 aromatic carbocycles. The highest BCUT2D eigenvalue weighted by molar-refractivity contribution is 7.20. The number of nitrogens with one attached hydrogen (secondary N) is 1. The van der Waals surface area contributed by atoms with Crippen LogP contribution >= 0.6 is 11.3 Å². The molecule has 7 heteroatoms. The summed E-state index contributed by atoms with van der Waals surface area (Å²) in [6.07, 6.45) is 3.17. The number of aromatic nitrogens is 2. The zero-order chi connectivity index (χ0) is 18.3. The van der Waals surface area contributed by atoms with Gasteiger partial charge in [-0.25, -0.2) is 9.07 Å². The zero-order valence-corrected chi connectivity index (χ0v) is 15.4. The van der Waals surface area contributed by atoms with Crippen molar-refractivity contribution in [2.45, 2.75) is 32.2 Å². The Morgan fingerprint density at radius 2 is 2.15 bits per heavy atom. The van der Waals surface area contributed by atoms with Gasteiger partial charge in [-0.2, -0.15) is 5.10 Å². The van der Waals surface area contributed by atoms with Crippen LogP contribution in [0.3, 0.4) is 0 Å². The number of carbonyl (C=O) groups is 1. The molecule has 136 valence electrons. The van der Waals surface area contributed by atoms with Crippen molar-refractivity contribution < 1.29 is 9.18 Å². The number of hydrogen-bond donors (Lipinski definition) is 2. The molecule has 2 atom stereocenters. The molecule has 0 saturated heterocycles. The van der Waals surface area contributed by atoms with Gasteiger partial charge in [0, 0.05) is 11.4 Å². The highest BCUT2D eigenvalue weighted by Crippen LogP contribution is 2.31. The summed E-state index contributed by atoms with van der Waals surface area (Å²) in [6, 6.07) is 8.24. The lowest BCUT2D eigenvalue weighted by Crippen LogP contribution is -2.39. The van der Waals surface area contributed by atoms with Gasteiger partial charge in [-0.1, -0.05) is 6.42 Å². The van der Waals surface area contributed by atoms with Gasteiger partial charge in [0.05, 0.1) is 16.3 Å². The number of aryl methyl sites for hydroxylation is 1. The van der Waals surface area contributed by atoms with Crippen LogP contribution in [0.15, 0.2) is 30.3 Å². The van der Waals surface area contributed by atoms with Crippen molar-refractivity contribution in [3.05, 3.63) is 46.7 Å². The maximum Gasteiger partial charge on any atom is 0.261 e. The predicted molar refractivity (Wildman–Crippen MR) is 101 cm³/mol. The Hall–Kier alpha value is -2.25. The molecule has 4 rings (SSSR count). The molecule has 3 aromatic rings. The molecular weight excluding hydrogens is 351 g/mol. The summed E-state index contributed by atoms with van der Waals surface area (Å²) in [5.74, 6) is 0.0255. The molecule has 0 aliphatic heterocycles. The maximum atomic E-state index is 13.2. The summed E-state index contributed by atoms with van der Waals surface area (Å²) in [6.45, 7) is 2.52. The van der Waals surface area contributed by atoms with Crippen LogP contribution in [0.4, 0.5) is 4.39 Å². The van der Waals surface area contributed by atoms with Crippen molar-refractivity contribution in [1.29, 1.82) is 0 Å². The third-order valence-corrected chi connectivity index (χ3v) is 6.23. The van der Waals surface area contributed by atoms with E-state index in [4.69, 9.17) is 5.73 Å². The van der Waals surface area contributed by atoms with Crippen molar-refractivity contribution in [1.82, 2.24) is 15.1 Å². The summed E-state index contributed by atoms with van der Waals surface area (Å²) in [4.78, 5) is 14.3. The summed E-state index contributed by atoms with van der Waals surface area (Å²) >= 11 is 1.41. The number of fused-ring (bicyclic) bond motifs is 1. The number of carbonyl (C=O) groups excluding carboxylic acids is 1. The number of amides is 1. The molecule has 1 aliphatic rings. The molecule has 1 amide bonds. The normalized spacial score (nSPS) is 20.0. The zero-order valence-electron chi connectivity index (χ0n) is 14.5. The van der Waals surface area contributed by atoms with Gasteiger partial charge in [0.15, 0.2) is 0 Å². The topological polar surface area (TPSA) is 72.9 Å². The minimum atomic E-state index is -0.286. The van der Waals surface area contributed by atoms with Crippen molar-refractivity contribution in [2.75, 3.05) is 6.54 Å². The maximum absolute atomic E-state index is 13.2. The van der Waals surface area contributed by atoms with Gasteiger partial charge >= 0.3 is 0 Å². The first-order chi connectivity index (χ1) is 12.6. The molecule has 1 fully saturated rings. The molecule has 1 saturated carbocycles. The molecule has 0 bridgehead atoms. The fraction of sp³-hybridized carbons (Fsp3) is 0.368. The Morgan fingerprint density at radius 3 is 2.88 bits per heavy atom. The Labute approximate surface area is 155 Å². The van der Waals surface area contributed by atoms with Crippen LogP contribution in [0.1, 0.15) is 34.6 Å². The average molecular weight is 372 g/mol. The number of nitrogens with zero attached hydrogens (tertiary/aromatic N) is 2.